The molecule has 9 heteroatoms. The molecule has 2 amide bonds. The van der Waals surface area contributed by atoms with Crippen LogP contribution in [0.5, 0.6) is 0 Å². The normalized spacial score (nSPS) is 31.7. The maximum absolute atomic E-state index is 13.6. The van der Waals surface area contributed by atoms with Gasteiger partial charge in [-0.05, 0) is 50.9 Å². The van der Waals surface area contributed by atoms with E-state index in [2.05, 4.69) is 29.5 Å². The van der Waals surface area contributed by atoms with Gasteiger partial charge in [-0.2, -0.15) is 5.26 Å². The number of anilines is 1. The molecule has 1 aromatic rings. The zero-order chi connectivity index (χ0) is 22.9. The van der Waals surface area contributed by atoms with Gasteiger partial charge in [-0.15, -0.1) is 11.3 Å². The van der Waals surface area contributed by atoms with Crippen molar-refractivity contribution in [3.63, 3.8) is 0 Å². The predicted molar refractivity (Wildman–Crippen MR) is 121 cm³/mol. The summed E-state index contributed by atoms with van der Waals surface area (Å²) in [6.45, 7) is 4.42. The summed E-state index contributed by atoms with van der Waals surface area (Å²) in [5, 5.41) is 18.3. The molecule has 7 nitrogen and oxygen atoms in total. The second kappa shape index (κ2) is 9.06. The van der Waals surface area contributed by atoms with Gasteiger partial charge in [0, 0.05) is 22.8 Å². The Balaban J connectivity index is 1.30. The van der Waals surface area contributed by atoms with E-state index >= 15 is 0 Å². The quantitative estimate of drug-likeness (QED) is 0.648. The first-order valence-corrected chi connectivity index (χ1v) is 12.5. The third kappa shape index (κ3) is 4.67. The van der Waals surface area contributed by atoms with Gasteiger partial charge in [0.05, 0.1) is 24.9 Å². The van der Waals surface area contributed by atoms with Crippen molar-refractivity contribution >= 4 is 28.3 Å². The van der Waals surface area contributed by atoms with E-state index in [-0.39, 0.29) is 42.3 Å². The predicted octanol–water partition coefficient (Wildman–Crippen LogP) is 3.43. The van der Waals surface area contributed by atoms with Crippen LogP contribution in [0.25, 0.3) is 0 Å². The van der Waals surface area contributed by atoms with E-state index in [1.54, 1.807) is 0 Å². The number of carbonyl (C=O) groups is 2. The number of amides is 2. The molecule has 2 atom stereocenters. The van der Waals surface area contributed by atoms with Crippen LogP contribution in [0.2, 0.25) is 0 Å². The number of hydrogen-bond donors (Lipinski definition) is 2. The molecule has 174 valence electrons. The SMILES string of the molecule is CC(C)Cc1csc(NC(=O)C23CCC(NCC(=O)N4C[C@@H](F)C[C@H]4C#N)(CC2)CC3)n1. The molecule has 2 bridgehead atoms. The number of carbonyl (C=O) groups excluding carboxylic acids is 2. The van der Waals surface area contributed by atoms with Crippen LogP contribution in [0.1, 0.15) is 64.5 Å². The minimum atomic E-state index is -1.12. The summed E-state index contributed by atoms with van der Waals surface area (Å²) in [5.41, 5.74) is 0.508. The van der Waals surface area contributed by atoms with Gasteiger partial charge >= 0.3 is 0 Å². The largest absolute Gasteiger partial charge is 0.323 e. The number of halogens is 1. The molecular formula is C23H32FN5O2S. The molecule has 0 aromatic carbocycles. The molecule has 2 heterocycles. The molecule has 4 fully saturated rings. The monoisotopic (exact) mass is 461 g/mol. The summed E-state index contributed by atoms with van der Waals surface area (Å²) in [4.78, 5) is 31.6. The van der Waals surface area contributed by atoms with Crippen molar-refractivity contribution < 1.29 is 14.0 Å². The number of rotatable bonds is 7. The van der Waals surface area contributed by atoms with E-state index in [9.17, 15) is 19.2 Å². The molecule has 5 rings (SSSR count). The molecular weight excluding hydrogens is 429 g/mol. The van der Waals surface area contributed by atoms with Gasteiger partial charge in [0.2, 0.25) is 11.8 Å². The molecule has 3 aliphatic carbocycles. The fourth-order valence-electron chi connectivity index (χ4n) is 5.44. The van der Waals surface area contributed by atoms with Gasteiger partial charge in [-0.3, -0.25) is 9.59 Å². The molecule has 0 radical (unpaired) electrons. The van der Waals surface area contributed by atoms with Gasteiger partial charge in [0.25, 0.3) is 0 Å². The smallest absolute Gasteiger partial charge is 0.237 e. The highest BCUT2D eigenvalue weighted by molar-refractivity contribution is 7.13. The lowest BCUT2D eigenvalue weighted by Crippen LogP contribution is -2.59. The van der Waals surface area contributed by atoms with Crippen LogP contribution >= 0.6 is 11.3 Å². The van der Waals surface area contributed by atoms with Crippen LogP contribution in [-0.2, 0) is 16.0 Å². The summed E-state index contributed by atoms with van der Waals surface area (Å²) in [7, 11) is 0. The number of hydrogen-bond acceptors (Lipinski definition) is 6. The lowest BCUT2D eigenvalue weighted by atomic mass is 9.57. The van der Waals surface area contributed by atoms with Gasteiger partial charge < -0.3 is 15.5 Å². The van der Waals surface area contributed by atoms with Crippen molar-refractivity contribution in [2.75, 3.05) is 18.4 Å². The first-order chi connectivity index (χ1) is 15.2. The van der Waals surface area contributed by atoms with Crippen LogP contribution in [0.15, 0.2) is 5.38 Å². The fraction of sp³-hybridized carbons (Fsp3) is 0.739. The lowest BCUT2D eigenvalue weighted by molar-refractivity contribution is -0.135. The molecule has 1 aliphatic heterocycles. The van der Waals surface area contributed by atoms with Crippen molar-refractivity contribution in [3.05, 3.63) is 11.1 Å². The zero-order valence-corrected chi connectivity index (χ0v) is 19.6. The maximum atomic E-state index is 13.6. The Morgan fingerprint density at radius 2 is 2.00 bits per heavy atom. The number of likely N-dealkylation sites (tertiary alicyclic amines) is 1. The molecule has 3 saturated carbocycles. The summed E-state index contributed by atoms with van der Waals surface area (Å²) in [5.74, 6) is 0.375. The summed E-state index contributed by atoms with van der Waals surface area (Å²) < 4.78 is 13.6. The van der Waals surface area contributed by atoms with Crippen molar-refractivity contribution in [1.82, 2.24) is 15.2 Å². The highest BCUT2D eigenvalue weighted by Gasteiger charge is 2.52. The van der Waals surface area contributed by atoms with E-state index < -0.39 is 12.2 Å². The first-order valence-electron chi connectivity index (χ1n) is 11.6. The number of fused-ring (bicyclic) bond motifs is 3. The Morgan fingerprint density at radius 3 is 2.62 bits per heavy atom. The Hall–Kier alpha value is -2.05. The highest BCUT2D eigenvalue weighted by atomic mass is 32.1. The minimum Gasteiger partial charge on any atom is -0.323 e. The van der Waals surface area contributed by atoms with E-state index in [0.29, 0.717) is 11.0 Å². The van der Waals surface area contributed by atoms with Crippen molar-refractivity contribution in [1.29, 1.82) is 5.26 Å². The summed E-state index contributed by atoms with van der Waals surface area (Å²) in [6, 6.07) is 1.36. The van der Waals surface area contributed by atoms with Crippen LogP contribution < -0.4 is 10.6 Å². The lowest BCUT2D eigenvalue weighted by Gasteiger charge is -2.52. The second-order valence-corrected chi connectivity index (χ2v) is 11.0. The summed E-state index contributed by atoms with van der Waals surface area (Å²) >= 11 is 1.48. The average molecular weight is 462 g/mol. The average Bonchev–Trinajstić information content (AvgIpc) is 3.38. The van der Waals surface area contributed by atoms with Gasteiger partial charge in [0.1, 0.15) is 12.2 Å². The highest BCUT2D eigenvalue weighted by Crippen LogP contribution is 2.52. The van der Waals surface area contributed by atoms with Crippen LogP contribution in [0.3, 0.4) is 0 Å². The Morgan fingerprint density at radius 1 is 1.31 bits per heavy atom. The standard InChI is InChI=1S/C23H32FN5O2S/c1-15(2)9-17-14-32-21(27-17)28-20(31)22-3-6-23(7-4-22,8-5-22)26-12-19(30)29-13-16(24)10-18(29)11-25/h14-16,18,26H,3-10,12-13H2,1-2H3,(H,27,28,31)/t16-,18-,22?,23?/m0/s1. The van der Waals surface area contributed by atoms with E-state index in [0.717, 1.165) is 50.6 Å². The van der Waals surface area contributed by atoms with Crippen LogP contribution in [0, 0.1) is 22.7 Å². The van der Waals surface area contributed by atoms with E-state index in [1.165, 1.54) is 16.2 Å². The number of thiazole rings is 1. The van der Waals surface area contributed by atoms with Gasteiger partial charge in [-0.25, -0.2) is 9.37 Å². The summed E-state index contributed by atoms with van der Waals surface area (Å²) in [6.07, 6.45) is 4.72. The Bertz CT molecular complexity index is 886. The molecule has 0 spiro atoms. The molecule has 2 N–H and O–H groups in total. The fourth-order valence-corrected chi connectivity index (χ4v) is 6.16. The third-order valence-electron chi connectivity index (χ3n) is 7.45. The molecule has 1 aromatic heterocycles. The van der Waals surface area contributed by atoms with Crippen LogP contribution in [0.4, 0.5) is 9.52 Å². The Labute approximate surface area is 192 Å². The van der Waals surface area contributed by atoms with Crippen molar-refractivity contribution in [2.45, 2.75) is 83.0 Å². The van der Waals surface area contributed by atoms with Crippen LogP contribution in [-0.4, -0.2) is 52.5 Å². The number of nitrogens with one attached hydrogen (secondary N) is 2. The minimum absolute atomic E-state index is 0.00462. The number of aromatic nitrogens is 1. The van der Waals surface area contributed by atoms with Crippen molar-refractivity contribution in [3.8, 4) is 6.07 Å². The third-order valence-corrected chi connectivity index (χ3v) is 8.26. The molecule has 4 aliphatic rings. The topological polar surface area (TPSA) is 98.1 Å². The second-order valence-electron chi connectivity index (χ2n) is 10.1. The van der Waals surface area contributed by atoms with Crippen molar-refractivity contribution in [2.24, 2.45) is 11.3 Å². The van der Waals surface area contributed by atoms with Gasteiger partial charge in [-0.1, -0.05) is 13.8 Å². The number of alkyl halides is 1. The first kappa shape index (κ1) is 23.1. The molecule has 32 heavy (non-hydrogen) atoms. The number of nitriles is 1. The van der Waals surface area contributed by atoms with E-state index in [1.807, 2.05) is 11.4 Å². The van der Waals surface area contributed by atoms with E-state index in [4.69, 9.17) is 0 Å². The molecule has 1 saturated heterocycles. The molecule has 0 unspecified atom stereocenters. The Kier molecular flexibility index (Phi) is 6.55. The van der Waals surface area contributed by atoms with Gasteiger partial charge in [0.15, 0.2) is 5.13 Å². The maximum Gasteiger partial charge on any atom is 0.237 e. The number of nitrogens with zero attached hydrogens (tertiary/aromatic N) is 3. The zero-order valence-electron chi connectivity index (χ0n) is 18.8.